The van der Waals surface area contributed by atoms with Crippen LogP contribution < -0.4 is 33.2 Å². The first kappa shape index (κ1) is 33.0. The van der Waals surface area contributed by atoms with Gasteiger partial charge in [-0.1, -0.05) is 20.3 Å². The standard InChI is InChI=1S/C21H37N7O9/c1-3-10(2)16(19(35)27-13(20(36)37)9-15(31)32)28-18(34)12(6-7-14(29)30)26-17(33)11(22)5-4-8-25-21(23)24/h10-13,16H,3-9,22H2,1-2H3,(H,26,33)(H,27,35)(H,28,34)(H,29,30)(H,31,32)(H,36,37)(H4,23,24,25). The predicted molar refractivity (Wildman–Crippen MR) is 130 cm³/mol. The van der Waals surface area contributed by atoms with Crippen molar-refractivity contribution in [1.29, 1.82) is 0 Å². The minimum Gasteiger partial charge on any atom is -0.481 e. The van der Waals surface area contributed by atoms with Gasteiger partial charge < -0.3 is 48.5 Å². The summed E-state index contributed by atoms with van der Waals surface area (Å²) in [5, 5.41) is 34.0. The zero-order chi connectivity index (χ0) is 28.7. The molecule has 0 radical (unpaired) electrons. The van der Waals surface area contributed by atoms with Crippen LogP contribution in [0.3, 0.4) is 0 Å². The molecule has 5 unspecified atom stereocenters. The number of carbonyl (C=O) groups excluding carboxylic acids is 3. The minimum absolute atomic E-state index is 0.124. The number of rotatable bonds is 18. The number of aliphatic carboxylic acids is 3. The lowest BCUT2D eigenvalue weighted by Gasteiger charge is -2.27. The van der Waals surface area contributed by atoms with Crippen molar-refractivity contribution < 1.29 is 44.1 Å². The summed E-state index contributed by atoms with van der Waals surface area (Å²) in [4.78, 5) is 75.3. The second kappa shape index (κ2) is 16.7. The summed E-state index contributed by atoms with van der Waals surface area (Å²) < 4.78 is 0. The molecule has 0 bridgehead atoms. The summed E-state index contributed by atoms with van der Waals surface area (Å²) in [6.45, 7) is 3.51. The summed E-state index contributed by atoms with van der Waals surface area (Å²) in [6.07, 6.45) is -0.816. The molecular formula is C21H37N7O9. The molecule has 0 aliphatic carbocycles. The molecule has 0 aliphatic rings. The first-order valence-electron chi connectivity index (χ1n) is 11.6. The molecule has 0 aromatic carbocycles. The summed E-state index contributed by atoms with van der Waals surface area (Å²) in [7, 11) is 0. The van der Waals surface area contributed by atoms with E-state index in [-0.39, 0.29) is 25.3 Å². The van der Waals surface area contributed by atoms with E-state index in [0.717, 1.165) is 0 Å². The van der Waals surface area contributed by atoms with E-state index in [1.165, 1.54) is 0 Å². The lowest BCUT2D eigenvalue weighted by Crippen LogP contribution is -2.58. The van der Waals surface area contributed by atoms with Gasteiger partial charge in [0.25, 0.3) is 0 Å². The summed E-state index contributed by atoms with van der Waals surface area (Å²) >= 11 is 0. The second-order valence-electron chi connectivity index (χ2n) is 8.42. The summed E-state index contributed by atoms with van der Waals surface area (Å²) in [5.74, 6) is -7.51. The Morgan fingerprint density at radius 3 is 1.92 bits per heavy atom. The molecule has 16 nitrogen and oxygen atoms in total. The van der Waals surface area contributed by atoms with Gasteiger partial charge in [0.05, 0.1) is 12.5 Å². The van der Waals surface area contributed by atoms with Crippen molar-refractivity contribution in [3.63, 3.8) is 0 Å². The first-order chi connectivity index (χ1) is 17.2. The van der Waals surface area contributed by atoms with Gasteiger partial charge >= 0.3 is 17.9 Å². The summed E-state index contributed by atoms with van der Waals surface area (Å²) in [5.41, 5.74) is 16.3. The smallest absolute Gasteiger partial charge is 0.326 e. The van der Waals surface area contributed by atoms with Crippen molar-refractivity contribution in [1.82, 2.24) is 16.0 Å². The molecular weight excluding hydrogens is 494 g/mol. The Morgan fingerprint density at radius 1 is 0.838 bits per heavy atom. The van der Waals surface area contributed by atoms with Crippen molar-refractivity contribution >= 4 is 41.6 Å². The van der Waals surface area contributed by atoms with E-state index in [2.05, 4.69) is 20.9 Å². The van der Waals surface area contributed by atoms with Gasteiger partial charge in [-0.15, -0.1) is 0 Å². The highest BCUT2D eigenvalue weighted by atomic mass is 16.4. The molecule has 0 aliphatic heterocycles. The fraction of sp³-hybridized carbons (Fsp3) is 0.667. The number of carboxylic acid groups (broad SMARTS) is 3. The Morgan fingerprint density at radius 2 is 1.43 bits per heavy atom. The van der Waals surface area contributed by atoms with Gasteiger partial charge in [-0.2, -0.15) is 0 Å². The van der Waals surface area contributed by atoms with E-state index >= 15 is 0 Å². The van der Waals surface area contributed by atoms with E-state index in [1.54, 1.807) is 13.8 Å². The molecule has 5 atom stereocenters. The Balaban J connectivity index is 5.55. The molecule has 0 aromatic rings. The average molecular weight is 532 g/mol. The monoisotopic (exact) mass is 531 g/mol. The number of guanidine groups is 1. The molecule has 0 spiro atoms. The van der Waals surface area contributed by atoms with Crippen LogP contribution in [0, 0.1) is 5.92 Å². The Hall–Kier alpha value is -3.95. The van der Waals surface area contributed by atoms with Crippen LogP contribution in [-0.4, -0.2) is 87.6 Å². The number of nitrogens with zero attached hydrogens (tertiary/aromatic N) is 1. The van der Waals surface area contributed by atoms with Crippen LogP contribution in [0.25, 0.3) is 0 Å². The number of nitrogens with one attached hydrogen (secondary N) is 3. The van der Waals surface area contributed by atoms with E-state index < -0.39 is 78.6 Å². The van der Waals surface area contributed by atoms with E-state index in [9.17, 15) is 33.9 Å². The van der Waals surface area contributed by atoms with Crippen LogP contribution >= 0.6 is 0 Å². The fourth-order valence-electron chi connectivity index (χ4n) is 3.06. The molecule has 0 aromatic heterocycles. The normalized spacial score (nSPS) is 14.7. The largest absolute Gasteiger partial charge is 0.481 e. The molecule has 16 heteroatoms. The Labute approximate surface area is 213 Å². The lowest BCUT2D eigenvalue weighted by molar-refractivity contribution is -0.147. The topological polar surface area (TPSA) is 290 Å². The maximum absolute atomic E-state index is 13.0. The third-order valence-corrected chi connectivity index (χ3v) is 5.37. The highest BCUT2D eigenvalue weighted by molar-refractivity contribution is 5.95. The number of aliphatic imine (C=N–C) groups is 1. The third kappa shape index (κ3) is 13.6. The number of carboxylic acids is 3. The van der Waals surface area contributed by atoms with Crippen LogP contribution in [0.15, 0.2) is 4.99 Å². The van der Waals surface area contributed by atoms with Crippen molar-refractivity contribution in [3.8, 4) is 0 Å². The quantitative estimate of drug-likeness (QED) is 0.0495. The molecule has 3 amide bonds. The van der Waals surface area contributed by atoms with E-state index in [4.69, 9.17) is 27.4 Å². The molecule has 0 heterocycles. The SMILES string of the molecule is CCC(C)C(NC(=O)C(CCC(=O)O)NC(=O)C(N)CCCN=C(N)N)C(=O)NC(CC(=O)O)C(=O)O. The maximum Gasteiger partial charge on any atom is 0.326 e. The number of hydrogen-bond donors (Lipinski definition) is 9. The van der Waals surface area contributed by atoms with Crippen LogP contribution in [-0.2, 0) is 28.8 Å². The van der Waals surface area contributed by atoms with Crippen molar-refractivity contribution in [2.75, 3.05) is 6.54 Å². The van der Waals surface area contributed by atoms with Gasteiger partial charge in [-0.05, 0) is 25.2 Å². The molecule has 37 heavy (non-hydrogen) atoms. The van der Waals surface area contributed by atoms with Crippen molar-refractivity contribution in [2.45, 2.75) is 76.5 Å². The number of carbonyl (C=O) groups is 6. The molecule has 0 saturated heterocycles. The van der Waals surface area contributed by atoms with Crippen LogP contribution in [0.4, 0.5) is 0 Å². The van der Waals surface area contributed by atoms with Crippen molar-refractivity contribution in [2.24, 2.45) is 28.1 Å². The van der Waals surface area contributed by atoms with E-state index in [1.807, 2.05) is 0 Å². The van der Waals surface area contributed by atoms with Gasteiger partial charge in [0.15, 0.2) is 5.96 Å². The molecule has 12 N–H and O–H groups in total. The fourth-order valence-corrected chi connectivity index (χ4v) is 3.06. The van der Waals surface area contributed by atoms with Crippen molar-refractivity contribution in [3.05, 3.63) is 0 Å². The van der Waals surface area contributed by atoms with Gasteiger partial charge in [0.1, 0.15) is 18.1 Å². The Bertz CT molecular complexity index is 861. The average Bonchev–Trinajstić information content (AvgIpc) is 2.80. The van der Waals surface area contributed by atoms with Crippen LogP contribution in [0.5, 0.6) is 0 Å². The second-order valence-corrected chi connectivity index (χ2v) is 8.42. The minimum atomic E-state index is -1.74. The van der Waals surface area contributed by atoms with Gasteiger partial charge in [-0.3, -0.25) is 29.0 Å². The maximum atomic E-state index is 13.0. The lowest BCUT2D eigenvalue weighted by atomic mass is 9.97. The van der Waals surface area contributed by atoms with Gasteiger partial charge in [-0.25, -0.2) is 4.79 Å². The van der Waals surface area contributed by atoms with Gasteiger partial charge in [0.2, 0.25) is 17.7 Å². The highest BCUT2D eigenvalue weighted by Gasteiger charge is 2.33. The zero-order valence-electron chi connectivity index (χ0n) is 20.8. The highest BCUT2D eigenvalue weighted by Crippen LogP contribution is 2.11. The number of hydrogen-bond acceptors (Lipinski definition) is 8. The van der Waals surface area contributed by atoms with Crippen LogP contribution in [0.1, 0.15) is 52.4 Å². The first-order valence-corrected chi connectivity index (χ1v) is 11.6. The molecule has 0 saturated carbocycles. The molecule has 0 fully saturated rings. The number of nitrogens with two attached hydrogens (primary N) is 3. The van der Waals surface area contributed by atoms with Gasteiger partial charge in [0, 0.05) is 13.0 Å². The summed E-state index contributed by atoms with van der Waals surface area (Å²) in [6, 6.07) is -5.48. The third-order valence-electron chi connectivity index (χ3n) is 5.37. The Kier molecular flexibility index (Phi) is 14.9. The van der Waals surface area contributed by atoms with E-state index in [0.29, 0.717) is 12.8 Å². The zero-order valence-corrected chi connectivity index (χ0v) is 20.8. The molecule has 210 valence electrons. The molecule has 0 rings (SSSR count). The van der Waals surface area contributed by atoms with Crippen LogP contribution in [0.2, 0.25) is 0 Å². The predicted octanol–water partition coefficient (Wildman–Crippen LogP) is -2.71. The number of amides is 3.